The van der Waals surface area contributed by atoms with Crippen molar-refractivity contribution in [3.05, 3.63) is 41.2 Å². The maximum absolute atomic E-state index is 11.1. The number of thiazole rings is 1. The van der Waals surface area contributed by atoms with Crippen LogP contribution in [-0.4, -0.2) is 22.4 Å². The molecule has 1 amide bonds. The fourth-order valence-corrected chi connectivity index (χ4v) is 3.14. The summed E-state index contributed by atoms with van der Waals surface area (Å²) in [6.45, 7) is 6.51. The second-order valence-electron chi connectivity index (χ2n) is 5.79. The fraction of sp³-hybridized carbons (Fsp3) is 0.526. The van der Waals surface area contributed by atoms with Crippen molar-refractivity contribution < 1.29 is 4.79 Å². The molecule has 2 aromatic heterocycles. The molecule has 2 heterocycles. The van der Waals surface area contributed by atoms with E-state index in [0.717, 1.165) is 18.5 Å². The second kappa shape index (κ2) is 12.6. The molecule has 0 aliphatic carbocycles. The molecule has 0 saturated carbocycles. The Bertz CT molecular complexity index is 600. The number of hydrogen-bond acceptors (Lipinski definition) is 5. The Labute approximate surface area is 155 Å². The first kappa shape index (κ1) is 21.3. The minimum absolute atomic E-state index is 0.00194. The number of pyridine rings is 1. The first-order chi connectivity index (χ1) is 12.1. The molecule has 2 rings (SSSR count). The number of hydrogen-bond donors (Lipinski definition) is 2. The van der Waals surface area contributed by atoms with Crippen LogP contribution in [0.25, 0.3) is 0 Å². The SMILES string of the molecule is CCCCC(CC)c1csc(NC(=O)CN)n1.CCc1ccncc1. The number of rotatable bonds is 8. The highest BCUT2D eigenvalue weighted by molar-refractivity contribution is 7.13. The zero-order valence-corrected chi connectivity index (χ0v) is 16.3. The zero-order valence-electron chi connectivity index (χ0n) is 15.5. The van der Waals surface area contributed by atoms with Crippen LogP contribution >= 0.6 is 11.3 Å². The molecule has 0 fully saturated rings. The molecule has 3 N–H and O–H groups in total. The third-order valence-electron chi connectivity index (χ3n) is 3.93. The van der Waals surface area contributed by atoms with Crippen molar-refractivity contribution >= 4 is 22.4 Å². The Kier molecular flexibility index (Phi) is 10.7. The molecule has 0 saturated heterocycles. The summed E-state index contributed by atoms with van der Waals surface area (Å²) in [4.78, 5) is 19.5. The van der Waals surface area contributed by atoms with Crippen LogP contribution in [0.15, 0.2) is 29.9 Å². The molecule has 5 nitrogen and oxygen atoms in total. The first-order valence-electron chi connectivity index (χ1n) is 8.98. The normalized spacial score (nSPS) is 11.4. The molecule has 0 aromatic carbocycles. The van der Waals surface area contributed by atoms with E-state index in [1.54, 1.807) is 0 Å². The predicted octanol–water partition coefficient (Wildman–Crippen LogP) is 4.37. The Morgan fingerprint density at radius 2 is 2.00 bits per heavy atom. The molecular formula is C19H30N4OS. The molecule has 0 aliphatic rings. The molecule has 0 spiro atoms. The third-order valence-corrected chi connectivity index (χ3v) is 4.70. The average molecular weight is 363 g/mol. The number of unbranched alkanes of at least 4 members (excludes halogenated alkanes) is 1. The number of aromatic nitrogens is 2. The molecule has 2 aromatic rings. The highest BCUT2D eigenvalue weighted by Gasteiger charge is 2.13. The Morgan fingerprint density at radius 1 is 1.28 bits per heavy atom. The summed E-state index contributed by atoms with van der Waals surface area (Å²) in [5.41, 5.74) is 7.69. The summed E-state index contributed by atoms with van der Waals surface area (Å²) in [6.07, 6.45) is 9.42. The standard InChI is InChI=1S/C12H21N3OS.C7H9N/c1-3-5-6-9(4-2)10-8-17-12(14-10)15-11(16)7-13;1-2-7-3-5-8-6-4-7/h8-9H,3-7,13H2,1-2H3,(H,14,15,16);3-6H,2H2,1H3. The summed E-state index contributed by atoms with van der Waals surface area (Å²) in [5, 5.41) is 5.39. The van der Waals surface area contributed by atoms with Gasteiger partial charge in [-0.15, -0.1) is 11.3 Å². The van der Waals surface area contributed by atoms with Gasteiger partial charge in [0.2, 0.25) is 5.91 Å². The Hall–Kier alpha value is -1.79. The minimum atomic E-state index is -0.187. The quantitative estimate of drug-likeness (QED) is 0.731. The van der Waals surface area contributed by atoms with Crippen molar-refractivity contribution in [2.24, 2.45) is 5.73 Å². The largest absolute Gasteiger partial charge is 0.322 e. The summed E-state index contributed by atoms with van der Waals surface area (Å²) in [6, 6.07) is 4.06. The van der Waals surface area contributed by atoms with Crippen molar-refractivity contribution in [1.82, 2.24) is 9.97 Å². The van der Waals surface area contributed by atoms with Crippen LogP contribution in [0.3, 0.4) is 0 Å². The summed E-state index contributed by atoms with van der Waals surface area (Å²) in [5.74, 6) is 0.322. The summed E-state index contributed by atoms with van der Waals surface area (Å²) < 4.78 is 0. The van der Waals surface area contributed by atoms with E-state index in [4.69, 9.17) is 5.73 Å². The first-order valence-corrected chi connectivity index (χ1v) is 9.86. The number of anilines is 1. The van der Waals surface area contributed by atoms with E-state index >= 15 is 0 Å². The molecule has 1 atom stereocenters. The van der Waals surface area contributed by atoms with Gasteiger partial charge in [0.05, 0.1) is 12.2 Å². The van der Waals surface area contributed by atoms with Crippen molar-refractivity contribution in [2.75, 3.05) is 11.9 Å². The van der Waals surface area contributed by atoms with Gasteiger partial charge in [-0.2, -0.15) is 0 Å². The number of nitrogens with zero attached hydrogens (tertiary/aromatic N) is 2. The average Bonchev–Trinajstić information content (AvgIpc) is 3.11. The lowest BCUT2D eigenvalue weighted by Crippen LogP contribution is -2.21. The Balaban J connectivity index is 0.000000324. The molecule has 138 valence electrons. The highest BCUT2D eigenvalue weighted by Crippen LogP contribution is 2.28. The third kappa shape index (κ3) is 8.23. The maximum Gasteiger partial charge on any atom is 0.239 e. The molecular weight excluding hydrogens is 332 g/mol. The zero-order chi connectivity index (χ0) is 18.5. The van der Waals surface area contributed by atoms with E-state index in [-0.39, 0.29) is 12.5 Å². The monoisotopic (exact) mass is 362 g/mol. The van der Waals surface area contributed by atoms with Gasteiger partial charge >= 0.3 is 0 Å². The highest BCUT2D eigenvalue weighted by atomic mass is 32.1. The van der Waals surface area contributed by atoms with Crippen molar-refractivity contribution in [1.29, 1.82) is 0 Å². The van der Waals surface area contributed by atoms with Crippen LogP contribution in [0.5, 0.6) is 0 Å². The van der Waals surface area contributed by atoms with Gasteiger partial charge in [-0.3, -0.25) is 9.78 Å². The second-order valence-corrected chi connectivity index (χ2v) is 6.64. The van der Waals surface area contributed by atoms with Gasteiger partial charge in [-0.1, -0.05) is 33.6 Å². The molecule has 0 radical (unpaired) electrons. The molecule has 25 heavy (non-hydrogen) atoms. The van der Waals surface area contributed by atoms with E-state index < -0.39 is 0 Å². The van der Waals surface area contributed by atoms with Crippen molar-refractivity contribution in [3.63, 3.8) is 0 Å². The number of nitrogens with one attached hydrogen (secondary N) is 1. The van der Waals surface area contributed by atoms with Gasteiger partial charge in [-0.05, 0) is 37.0 Å². The summed E-state index contributed by atoms with van der Waals surface area (Å²) >= 11 is 1.47. The van der Waals surface area contributed by atoms with Crippen LogP contribution in [0.2, 0.25) is 0 Å². The maximum atomic E-state index is 11.1. The van der Waals surface area contributed by atoms with Gasteiger partial charge in [-0.25, -0.2) is 4.98 Å². The van der Waals surface area contributed by atoms with Crippen molar-refractivity contribution in [2.45, 2.75) is 58.8 Å². The smallest absolute Gasteiger partial charge is 0.239 e. The Morgan fingerprint density at radius 3 is 2.52 bits per heavy atom. The molecule has 0 aliphatic heterocycles. The van der Waals surface area contributed by atoms with Crippen LogP contribution in [0.1, 0.15) is 63.6 Å². The van der Waals surface area contributed by atoms with E-state index in [9.17, 15) is 4.79 Å². The van der Waals surface area contributed by atoms with E-state index in [1.807, 2.05) is 29.9 Å². The minimum Gasteiger partial charge on any atom is -0.322 e. The lowest BCUT2D eigenvalue weighted by molar-refractivity contribution is -0.114. The summed E-state index contributed by atoms with van der Waals surface area (Å²) in [7, 11) is 0. The number of aryl methyl sites for hydroxylation is 1. The van der Waals surface area contributed by atoms with Crippen LogP contribution in [0, 0.1) is 0 Å². The van der Waals surface area contributed by atoms with E-state index in [2.05, 4.69) is 36.1 Å². The lowest BCUT2D eigenvalue weighted by Gasteiger charge is -2.10. The van der Waals surface area contributed by atoms with E-state index in [0.29, 0.717) is 11.0 Å². The predicted molar refractivity (Wildman–Crippen MR) is 106 cm³/mol. The van der Waals surface area contributed by atoms with Gasteiger partial charge < -0.3 is 11.1 Å². The molecule has 0 bridgehead atoms. The fourth-order valence-electron chi connectivity index (χ4n) is 2.33. The topological polar surface area (TPSA) is 80.9 Å². The molecule has 1 unspecified atom stereocenters. The van der Waals surface area contributed by atoms with E-state index in [1.165, 1.54) is 36.2 Å². The van der Waals surface area contributed by atoms with Gasteiger partial charge in [0.25, 0.3) is 0 Å². The van der Waals surface area contributed by atoms with Crippen molar-refractivity contribution in [3.8, 4) is 0 Å². The van der Waals surface area contributed by atoms with Gasteiger partial charge in [0.1, 0.15) is 0 Å². The van der Waals surface area contributed by atoms with Gasteiger partial charge in [0.15, 0.2) is 5.13 Å². The van der Waals surface area contributed by atoms with Crippen LogP contribution in [0.4, 0.5) is 5.13 Å². The number of carbonyl (C=O) groups excluding carboxylic acids is 1. The number of nitrogens with two attached hydrogens (primary N) is 1. The van der Waals surface area contributed by atoms with Crippen LogP contribution in [-0.2, 0) is 11.2 Å². The number of carbonyl (C=O) groups is 1. The lowest BCUT2D eigenvalue weighted by atomic mass is 9.97. The number of amides is 1. The molecule has 6 heteroatoms. The van der Waals surface area contributed by atoms with Gasteiger partial charge in [0, 0.05) is 23.7 Å². The van der Waals surface area contributed by atoms with Crippen LogP contribution < -0.4 is 11.1 Å².